The highest BCUT2D eigenvalue weighted by molar-refractivity contribution is 6.83. The molecule has 0 spiro atoms. The van der Waals surface area contributed by atoms with E-state index < -0.39 is 17.2 Å². The van der Waals surface area contributed by atoms with Crippen LogP contribution in [0.4, 0.5) is 0 Å². The van der Waals surface area contributed by atoms with Crippen molar-refractivity contribution >= 4 is 17.2 Å². The zero-order valence-corrected chi connectivity index (χ0v) is 16.0. The Morgan fingerprint density at radius 1 is 0.778 bits per heavy atom. The zero-order chi connectivity index (χ0) is 14.0. The summed E-state index contributed by atoms with van der Waals surface area (Å²) in [6.07, 6.45) is 8.45. The minimum Gasteiger partial charge on any atom is -0.348 e. The van der Waals surface area contributed by atoms with E-state index in [0.717, 1.165) is 0 Å². The summed E-state index contributed by atoms with van der Waals surface area (Å²) in [5.41, 5.74) is 0. The van der Waals surface area contributed by atoms with Gasteiger partial charge >= 0.3 is 0 Å². The molecule has 0 aromatic carbocycles. The molecule has 110 valence electrons. The standard InChI is InChI=1S/C15H37NSi2/c1-7-10-13-16(18(4,5)6)17(14-11-8-2)15-12-9-3/h17H,7-15H2,1-6H3. The van der Waals surface area contributed by atoms with Crippen LogP contribution in [0.1, 0.15) is 59.3 Å². The van der Waals surface area contributed by atoms with Gasteiger partial charge in [0.15, 0.2) is 0 Å². The lowest BCUT2D eigenvalue weighted by molar-refractivity contribution is 0.571. The Morgan fingerprint density at radius 3 is 1.56 bits per heavy atom. The Bertz CT molecular complexity index is 181. The maximum absolute atomic E-state index is 3.06. The number of unbranched alkanes of at least 4 members (excludes halogenated alkanes) is 3. The average molecular weight is 288 g/mol. The molecular weight excluding hydrogens is 250 g/mol. The third-order valence-corrected chi connectivity index (χ3v) is 12.5. The van der Waals surface area contributed by atoms with Crippen molar-refractivity contribution in [1.82, 2.24) is 4.23 Å². The number of hydrogen-bond donors (Lipinski definition) is 0. The topological polar surface area (TPSA) is 3.24 Å². The fourth-order valence-electron chi connectivity index (χ4n) is 2.73. The average Bonchev–Trinajstić information content (AvgIpc) is 2.30. The zero-order valence-electron chi connectivity index (χ0n) is 13.9. The third-order valence-electron chi connectivity index (χ3n) is 3.84. The van der Waals surface area contributed by atoms with Crippen LogP contribution < -0.4 is 0 Å². The van der Waals surface area contributed by atoms with Crippen molar-refractivity contribution in [2.24, 2.45) is 0 Å². The molecule has 3 heteroatoms. The summed E-state index contributed by atoms with van der Waals surface area (Å²) in [6.45, 7) is 16.1. The van der Waals surface area contributed by atoms with Crippen LogP contribution in [0.5, 0.6) is 0 Å². The maximum Gasteiger partial charge on any atom is 0.112 e. The van der Waals surface area contributed by atoms with Crippen molar-refractivity contribution in [2.45, 2.75) is 91.0 Å². The van der Waals surface area contributed by atoms with E-state index in [2.05, 4.69) is 44.6 Å². The molecule has 0 rings (SSSR count). The summed E-state index contributed by atoms with van der Waals surface area (Å²) in [5.74, 6) is 0. The Hall–Kier alpha value is 0.394. The Morgan fingerprint density at radius 2 is 1.22 bits per heavy atom. The van der Waals surface area contributed by atoms with Gasteiger partial charge in [0.25, 0.3) is 0 Å². The summed E-state index contributed by atoms with van der Waals surface area (Å²) < 4.78 is 3.06. The number of rotatable bonds is 11. The summed E-state index contributed by atoms with van der Waals surface area (Å²) in [4.78, 5) is 0. The molecular formula is C15H37NSi2. The molecule has 0 unspecified atom stereocenters. The normalized spacial score (nSPS) is 12.7. The van der Waals surface area contributed by atoms with Crippen LogP contribution in [0, 0.1) is 0 Å². The van der Waals surface area contributed by atoms with Gasteiger partial charge in [-0.15, -0.1) is 0 Å². The number of hydrogen-bond acceptors (Lipinski definition) is 1. The lowest BCUT2D eigenvalue weighted by atomic mass is 10.3. The highest BCUT2D eigenvalue weighted by Gasteiger charge is 2.29. The van der Waals surface area contributed by atoms with Crippen LogP contribution in [-0.2, 0) is 0 Å². The Labute approximate surface area is 119 Å². The summed E-state index contributed by atoms with van der Waals surface area (Å²) >= 11 is 0. The van der Waals surface area contributed by atoms with Gasteiger partial charge in [-0.25, -0.2) is 0 Å². The molecule has 0 saturated carbocycles. The molecule has 0 N–H and O–H groups in total. The molecule has 0 fully saturated rings. The molecule has 0 aliphatic rings. The van der Waals surface area contributed by atoms with Crippen molar-refractivity contribution < 1.29 is 0 Å². The molecule has 0 aromatic heterocycles. The molecule has 18 heavy (non-hydrogen) atoms. The fourth-order valence-corrected chi connectivity index (χ4v) is 11.9. The maximum atomic E-state index is 3.06. The first-order chi connectivity index (χ1) is 8.47. The van der Waals surface area contributed by atoms with Gasteiger partial charge in [0, 0.05) is 0 Å². The van der Waals surface area contributed by atoms with Gasteiger partial charge in [-0.2, -0.15) is 0 Å². The van der Waals surface area contributed by atoms with Crippen molar-refractivity contribution in [3.63, 3.8) is 0 Å². The predicted molar refractivity (Wildman–Crippen MR) is 91.5 cm³/mol. The van der Waals surface area contributed by atoms with Crippen LogP contribution in [-0.4, -0.2) is 28.0 Å². The smallest absolute Gasteiger partial charge is 0.112 e. The largest absolute Gasteiger partial charge is 0.348 e. The first-order valence-corrected chi connectivity index (χ1v) is 13.8. The first kappa shape index (κ1) is 18.4. The minimum absolute atomic E-state index is 0.646. The second-order valence-corrected chi connectivity index (χ2v) is 15.2. The predicted octanol–water partition coefficient (Wildman–Crippen LogP) is 5.25. The molecule has 0 atom stereocenters. The van der Waals surface area contributed by atoms with E-state index in [-0.39, 0.29) is 0 Å². The van der Waals surface area contributed by atoms with E-state index in [1.54, 1.807) is 12.1 Å². The first-order valence-electron chi connectivity index (χ1n) is 8.24. The molecule has 0 aliphatic heterocycles. The molecule has 0 aliphatic carbocycles. The van der Waals surface area contributed by atoms with E-state index in [0.29, 0.717) is 0 Å². The second-order valence-electron chi connectivity index (χ2n) is 6.66. The van der Waals surface area contributed by atoms with Gasteiger partial charge in [0.05, 0.1) is 0 Å². The van der Waals surface area contributed by atoms with Gasteiger partial charge in [0.1, 0.15) is 17.2 Å². The molecule has 0 amide bonds. The SMILES string of the molecule is CCCCN([SiH](CCCC)CCCC)[Si](C)(C)C. The van der Waals surface area contributed by atoms with Crippen molar-refractivity contribution in [1.29, 1.82) is 0 Å². The highest BCUT2D eigenvalue weighted by atomic mass is 28.4. The summed E-state index contributed by atoms with van der Waals surface area (Å²) in [5, 5.41) is 0. The van der Waals surface area contributed by atoms with Gasteiger partial charge in [0.2, 0.25) is 0 Å². The van der Waals surface area contributed by atoms with Crippen LogP contribution >= 0.6 is 0 Å². The van der Waals surface area contributed by atoms with Crippen LogP contribution in [0.15, 0.2) is 0 Å². The van der Waals surface area contributed by atoms with Gasteiger partial charge in [-0.3, -0.25) is 0 Å². The molecule has 0 saturated heterocycles. The van der Waals surface area contributed by atoms with Gasteiger partial charge < -0.3 is 4.23 Å². The minimum atomic E-state index is -1.09. The van der Waals surface area contributed by atoms with E-state index in [1.807, 2.05) is 0 Å². The Balaban J connectivity index is 4.59. The summed E-state index contributed by atoms with van der Waals surface area (Å²) in [6, 6.07) is 3.12. The quantitative estimate of drug-likeness (QED) is 0.469. The van der Waals surface area contributed by atoms with Crippen molar-refractivity contribution in [3.8, 4) is 0 Å². The van der Waals surface area contributed by atoms with Crippen molar-refractivity contribution in [3.05, 3.63) is 0 Å². The molecule has 0 radical (unpaired) electrons. The van der Waals surface area contributed by atoms with Gasteiger partial charge in [-0.05, 0) is 25.1 Å². The lowest BCUT2D eigenvalue weighted by Gasteiger charge is -2.40. The summed E-state index contributed by atoms with van der Waals surface area (Å²) in [7, 11) is -1.74. The van der Waals surface area contributed by atoms with Crippen molar-refractivity contribution in [2.75, 3.05) is 6.54 Å². The monoisotopic (exact) mass is 287 g/mol. The fraction of sp³-hybridized carbons (Fsp3) is 1.00. The molecule has 1 nitrogen and oxygen atoms in total. The molecule has 0 bridgehead atoms. The Kier molecular flexibility index (Phi) is 10.4. The highest BCUT2D eigenvalue weighted by Crippen LogP contribution is 2.21. The molecule has 0 heterocycles. The van der Waals surface area contributed by atoms with Crippen LogP contribution in [0.25, 0.3) is 0 Å². The lowest BCUT2D eigenvalue weighted by Crippen LogP contribution is -2.54. The van der Waals surface area contributed by atoms with Crippen LogP contribution in [0.2, 0.25) is 31.7 Å². The van der Waals surface area contributed by atoms with Gasteiger partial charge in [-0.1, -0.05) is 72.5 Å². The molecule has 0 aromatic rings. The van der Waals surface area contributed by atoms with E-state index >= 15 is 0 Å². The third kappa shape index (κ3) is 7.75. The number of nitrogens with zero attached hydrogens (tertiary/aromatic N) is 1. The van der Waals surface area contributed by atoms with E-state index in [9.17, 15) is 0 Å². The van der Waals surface area contributed by atoms with E-state index in [1.165, 1.54) is 45.1 Å². The van der Waals surface area contributed by atoms with Crippen LogP contribution in [0.3, 0.4) is 0 Å². The van der Waals surface area contributed by atoms with E-state index in [4.69, 9.17) is 0 Å². The second kappa shape index (κ2) is 10.2.